The lowest BCUT2D eigenvalue weighted by molar-refractivity contribution is 0.222. The van der Waals surface area contributed by atoms with Gasteiger partial charge in [-0.25, -0.2) is 18.1 Å². The van der Waals surface area contributed by atoms with E-state index in [0.717, 1.165) is 37.2 Å². The molecular weight excluding hydrogens is 450 g/mol. The Hall–Kier alpha value is -2.75. The topological polar surface area (TPSA) is 91.3 Å². The van der Waals surface area contributed by atoms with Gasteiger partial charge < -0.3 is 0 Å². The van der Waals surface area contributed by atoms with Crippen LogP contribution in [0.2, 0.25) is 0 Å². The number of nitrogens with zero attached hydrogens (tertiary/aromatic N) is 4. The van der Waals surface area contributed by atoms with Crippen molar-refractivity contribution >= 4 is 10.0 Å². The number of rotatable bonds is 5. The molecule has 180 valence electrons. The van der Waals surface area contributed by atoms with E-state index in [1.807, 2.05) is 18.2 Å². The highest BCUT2D eigenvalue weighted by Gasteiger charge is 2.32. The van der Waals surface area contributed by atoms with Crippen molar-refractivity contribution in [2.75, 3.05) is 19.6 Å². The third-order valence-corrected chi connectivity index (χ3v) is 8.62. The molecule has 1 fully saturated rings. The molecular formula is C25H31N5O3S. The number of piperidine rings is 1. The molecule has 9 heteroatoms. The van der Waals surface area contributed by atoms with Crippen LogP contribution in [0.4, 0.5) is 0 Å². The molecule has 34 heavy (non-hydrogen) atoms. The normalized spacial score (nSPS) is 21.9. The van der Waals surface area contributed by atoms with Gasteiger partial charge in [-0.05, 0) is 36.0 Å². The lowest BCUT2D eigenvalue weighted by Gasteiger charge is -2.33. The van der Waals surface area contributed by atoms with Crippen LogP contribution in [0.15, 0.2) is 58.4 Å². The molecule has 2 atom stereocenters. The molecule has 2 aliphatic heterocycles. The molecule has 2 aliphatic rings. The van der Waals surface area contributed by atoms with E-state index in [9.17, 15) is 13.2 Å². The van der Waals surface area contributed by atoms with Gasteiger partial charge >= 0.3 is 0 Å². The number of aromatic amines is 1. The summed E-state index contributed by atoms with van der Waals surface area (Å²) in [5, 5.41) is 3.19. The summed E-state index contributed by atoms with van der Waals surface area (Å²) in [6.45, 7) is 7.44. The van der Waals surface area contributed by atoms with Crippen LogP contribution in [0.25, 0.3) is 5.82 Å². The smallest absolute Gasteiger partial charge is 0.277 e. The Morgan fingerprint density at radius 3 is 2.47 bits per heavy atom. The van der Waals surface area contributed by atoms with Crippen molar-refractivity contribution in [3.63, 3.8) is 0 Å². The van der Waals surface area contributed by atoms with Crippen LogP contribution in [-0.4, -0.2) is 52.0 Å². The molecule has 1 N–H and O–H groups in total. The lowest BCUT2D eigenvalue weighted by Crippen LogP contribution is -2.42. The van der Waals surface area contributed by atoms with Crippen molar-refractivity contribution in [1.29, 1.82) is 0 Å². The fraction of sp³-hybridized carbons (Fsp3) is 0.440. The highest BCUT2D eigenvalue weighted by atomic mass is 32.2. The second-order valence-corrected chi connectivity index (χ2v) is 11.7. The van der Waals surface area contributed by atoms with Gasteiger partial charge in [-0.3, -0.25) is 14.8 Å². The third kappa shape index (κ3) is 4.47. The Morgan fingerprint density at radius 1 is 1.06 bits per heavy atom. The molecule has 0 aliphatic carbocycles. The van der Waals surface area contributed by atoms with Gasteiger partial charge in [0.1, 0.15) is 4.90 Å². The van der Waals surface area contributed by atoms with Gasteiger partial charge in [0.15, 0.2) is 5.82 Å². The molecule has 0 unspecified atom stereocenters. The van der Waals surface area contributed by atoms with Crippen LogP contribution in [-0.2, 0) is 29.5 Å². The number of fused-ring (bicyclic) bond motifs is 1. The number of aromatic nitrogens is 3. The Morgan fingerprint density at radius 2 is 1.79 bits per heavy atom. The molecule has 1 saturated heterocycles. The molecule has 2 aromatic heterocycles. The maximum absolute atomic E-state index is 13.2. The minimum absolute atomic E-state index is 0.130. The average molecular weight is 482 g/mol. The Balaban J connectivity index is 1.35. The largest absolute Gasteiger partial charge is 0.294 e. The van der Waals surface area contributed by atoms with E-state index in [1.165, 1.54) is 16.4 Å². The number of hydrogen-bond donors (Lipinski definition) is 1. The predicted octanol–water partition coefficient (Wildman–Crippen LogP) is 2.79. The van der Waals surface area contributed by atoms with Crippen molar-refractivity contribution in [3.05, 3.63) is 75.8 Å². The van der Waals surface area contributed by atoms with Crippen LogP contribution in [0.5, 0.6) is 0 Å². The first kappa shape index (κ1) is 23.0. The van der Waals surface area contributed by atoms with Crippen LogP contribution in [0.1, 0.15) is 37.1 Å². The van der Waals surface area contributed by atoms with Gasteiger partial charge in [0, 0.05) is 51.0 Å². The van der Waals surface area contributed by atoms with Crippen molar-refractivity contribution < 1.29 is 8.42 Å². The maximum atomic E-state index is 13.2. The Labute approximate surface area is 200 Å². The van der Waals surface area contributed by atoms with Gasteiger partial charge in [-0.15, -0.1) is 0 Å². The first-order chi connectivity index (χ1) is 16.3. The molecule has 0 saturated carbocycles. The zero-order valence-electron chi connectivity index (χ0n) is 19.6. The van der Waals surface area contributed by atoms with Gasteiger partial charge in [0.25, 0.3) is 5.56 Å². The molecule has 4 heterocycles. The summed E-state index contributed by atoms with van der Waals surface area (Å²) in [4.78, 5) is 19.9. The van der Waals surface area contributed by atoms with E-state index in [1.54, 1.807) is 16.4 Å². The molecule has 0 amide bonds. The number of hydrogen-bond acceptors (Lipinski definition) is 5. The second-order valence-electron chi connectivity index (χ2n) is 9.78. The van der Waals surface area contributed by atoms with Crippen molar-refractivity contribution in [1.82, 2.24) is 24.0 Å². The lowest BCUT2D eigenvalue weighted by atomic mass is 9.94. The SMILES string of the molecule is C[C@@H]1C[C@H](C)CN(S(=O)(=O)c2ccc(-n3[nH]c4c(c3=O)CN(Cc3ccccc3)CC4)nc2)C1. The van der Waals surface area contributed by atoms with E-state index in [2.05, 4.69) is 41.0 Å². The van der Waals surface area contributed by atoms with E-state index in [4.69, 9.17) is 0 Å². The predicted molar refractivity (Wildman–Crippen MR) is 130 cm³/mol. The summed E-state index contributed by atoms with van der Waals surface area (Å²) < 4.78 is 29.3. The van der Waals surface area contributed by atoms with Crippen LogP contribution >= 0.6 is 0 Å². The summed E-state index contributed by atoms with van der Waals surface area (Å²) in [5.74, 6) is 1.06. The zero-order valence-corrected chi connectivity index (χ0v) is 20.5. The fourth-order valence-electron chi connectivity index (χ4n) is 5.21. The van der Waals surface area contributed by atoms with Gasteiger partial charge in [-0.2, -0.15) is 4.31 Å². The quantitative estimate of drug-likeness (QED) is 0.605. The van der Waals surface area contributed by atoms with Crippen molar-refractivity contribution in [2.24, 2.45) is 11.8 Å². The van der Waals surface area contributed by atoms with Gasteiger partial charge in [-0.1, -0.05) is 44.2 Å². The van der Waals surface area contributed by atoms with E-state index >= 15 is 0 Å². The van der Waals surface area contributed by atoms with E-state index in [-0.39, 0.29) is 10.5 Å². The minimum atomic E-state index is -3.61. The standard InChI is InChI=1S/C25H31N5O3S/c1-18-12-19(2)15-29(14-18)34(32,33)21-8-9-24(26-13-21)30-25(31)22-17-28(11-10-23(22)27-30)16-20-6-4-3-5-7-20/h3-9,13,18-19,27H,10-12,14-17H2,1-2H3/t18-,19+. The monoisotopic (exact) mass is 481 g/mol. The van der Waals surface area contributed by atoms with Crippen molar-refractivity contribution in [3.8, 4) is 5.82 Å². The highest BCUT2D eigenvalue weighted by molar-refractivity contribution is 7.89. The second kappa shape index (κ2) is 9.13. The molecule has 3 aromatic rings. The minimum Gasteiger partial charge on any atom is -0.294 e. The summed E-state index contributed by atoms with van der Waals surface area (Å²) in [6.07, 6.45) is 3.15. The molecule has 1 aromatic carbocycles. The summed E-state index contributed by atoms with van der Waals surface area (Å²) >= 11 is 0. The van der Waals surface area contributed by atoms with Gasteiger partial charge in [0.2, 0.25) is 10.0 Å². The molecule has 0 bridgehead atoms. The molecule has 8 nitrogen and oxygen atoms in total. The highest BCUT2D eigenvalue weighted by Crippen LogP contribution is 2.26. The molecule has 5 rings (SSSR count). The summed E-state index contributed by atoms with van der Waals surface area (Å²) in [5.41, 5.74) is 2.76. The average Bonchev–Trinajstić information content (AvgIpc) is 3.15. The third-order valence-electron chi connectivity index (χ3n) is 6.80. The summed E-state index contributed by atoms with van der Waals surface area (Å²) in [7, 11) is -3.61. The number of benzene rings is 1. The van der Waals surface area contributed by atoms with Crippen LogP contribution in [0, 0.1) is 11.8 Å². The number of nitrogens with one attached hydrogen (secondary N) is 1. The number of pyridine rings is 1. The van der Waals surface area contributed by atoms with E-state index < -0.39 is 10.0 Å². The van der Waals surface area contributed by atoms with Crippen LogP contribution < -0.4 is 5.56 Å². The van der Waals surface area contributed by atoms with E-state index in [0.29, 0.717) is 37.3 Å². The Kier molecular flexibility index (Phi) is 6.18. The Bertz CT molecular complexity index is 1300. The summed E-state index contributed by atoms with van der Waals surface area (Å²) in [6, 6.07) is 13.4. The first-order valence-electron chi connectivity index (χ1n) is 11.9. The van der Waals surface area contributed by atoms with Crippen LogP contribution in [0.3, 0.4) is 0 Å². The van der Waals surface area contributed by atoms with Crippen molar-refractivity contribution in [2.45, 2.75) is 44.7 Å². The zero-order chi connectivity index (χ0) is 23.9. The molecule has 0 radical (unpaired) electrons. The molecule has 0 spiro atoms. The first-order valence-corrected chi connectivity index (χ1v) is 13.3. The number of sulfonamides is 1. The number of H-pyrrole nitrogens is 1. The van der Waals surface area contributed by atoms with Gasteiger partial charge in [0.05, 0.1) is 5.56 Å². The maximum Gasteiger partial charge on any atom is 0.277 e. The fourth-order valence-corrected chi connectivity index (χ4v) is 6.83.